The highest BCUT2D eigenvalue weighted by Gasteiger charge is 2.14. The molecule has 0 amide bonds. The summed E-state index contributed by atoms with van der Waals surface area (Å²) in [7, 11) is 0. The van der Waals surface area contributed by atoms with Crippen molar-refractivity contribution in [2.75, 3.05) is 5.73 Å². The summed E-state index contributed by atoms with van der Waals surface area (Å²) in [5.74, 6) is -0.938. The van der Waals surface area contributed by atoms with Crippen LogP contribution in [0.25, 0.3) is 0 Å². The van der Waals surface area contributed by atoms with Crippen molar-refractivity contribution >= 4 is 11.7 Å². The molecule has 2 aromatic carbocycles. The number of rotatable bonds is 3. The molecule has 0 heterocycles. The minimum absolute atomic E-state index is 0.112. The van der Waals surface area contributed by atoms with Crippen molar-refractivity contribution in [3.63, 3.8) is 0 Å². The second-order valence-corrected chi connectivity index (χ2v) is 4.21. The van der Waals surface area contributed by atoms with Gasteiger partial charge in [0.1, 0.15) is 12.4 Å². The topological polar surface area (TPSA) is 52.3 Å². The van der Waals surface area contributed by atoms with E-state index in [2.05, 4.69) is 0 Å². The number of nitrogen functional groups attached to an aromatic ring is 1. The number of ether oxygens (including phenoxy) is 1. The van der Waals surface area contributed by atoms with Crippen LogP contribution in [0, 0.1) is 12.7 Å². The van der Waals surface area contributed by atoms with Crippen LogP contribution in [0.2, 0.25) is 0 Å². The maximum Gasteiger partial charge on any atom is 0.340 e. The number of carbonyl (C=O) groups excluding carboxylic acids is 1. The predicted molar refractivity (Wildman–Crippen MR) is 71.1 cm³/mol. The highest BCUT2D eigenvalue weighted by molar-refractivity contribution is 5.96. The molecule has 0 aromatic heterocycles. The van der Waals surface area contributed by atoms with E-state index < -0.39 is 11.8 Å². The van der Waals surface area contributed by atoms with Crippen molar-refractivity contribution in [1.82, 2.24) is 0 Å². The zero-order valence-electron chi connectivity index (χ0n) is 10.5. The molecule has 0 spiro atoms. The maximum absolute atomic E-state index is 13.4. The minimum atomic E-state index is -0.543. The first-order valence-corrected chi connectivity index (χ1v) is 5.85. The van der Waals surface area contributed by atoms with Gasteiger partial charge in [0.15, 0.2) is 0 Å². The fourth-order valence-electron chi connectivity index (χ4n) is 1.80. The van der Waals surface area contributed by atoms with Gasteiger partial charge >= 0.3 is 5.97 Å². The Labute approximate surface area is 110 Å². The summed E-state index contributed by atoms with van der Waals surface area (Å²) in [4.78, 5) is 11.9. The van der Waals surface area contributed by atoms with Crippen molar-refractivity contribution in [3.05, 3.63) is 65.0 Å². The third-order valence-electron chi connectivity index (χ3n) is 2.83. The van der Waals surface area contributed by atoms with Gasteiger partial charge < -0.3 is 10.5 Å². The van der Waals surface area contributed by atoms with Gasteiger partial charge in [-0.1, -0.05) is 30.3 Å². The van der Waals surface area contributed by atoms with Crippen LogP contribution in [-0.2, 0) is 11.3 Å². The second-order valence-electron chi connectivity index (χ2n) is 4.21. The Morgan fingerprint density at radius 1 is 1.21 bits per heavy atom. The fourth-order valence-corrected chi connectivity index (χ4v) is 1.80. The van der Waals surface area contributed by atoms with E-state index in [-0.39, 0.29) is 6.61 Å². The molecule has 0 radical (unpaired) electrons. The average molecular weight is 259 g/mol. The normalized spacial score (nSPS) is 10.2. The van der Waals surface area contributed by atoms with Crippen molar-refractivity contribution in [3.8, 4) is 0 Å². The summed E-state index contributed by atoms with van der Waals surface area (Å²) in [6.07, 6.45) is 0. The number of carbonyl (C=O) groups is 1. The number of halogens is 1. The number of hydrogen-bond donors (Lipinski definition) is 1. The van der Waals surface area contributed by atoms with Crippen LogP contribution in [-0.4, -0.2) is 5.97 Å². The van der Waals surface area contributed by atoms with Crippen LogP contribution in [0.3, 0.4) is 0 Å². The van der Waals surface area contributed by atoms with Gasteiger partial charge in [0.25, 0.3) is 0 Å². The van der Waals surface area contributed by atoms with Gasteiger partial charge in [0, 0.05) is 11.3 Å². The molecule has 0 aliphatic rings. The van der Waals surface area contributed by atoms with Crippen LogP contribution < -0.4 is 5.73 Å². The van der Waals surface area contributed by atoms with Crippen molar-refractivity contribution < 1.29 is 13.9 Å². The summed E-state index contributed by atoms with van der Waals surface area (Å²) >= 11 is 0. The number of hydrogen-bond acceptors (Lipinski definition) is 3. The van der Waals surface area contributed by atoms with Gasteiger partial charge in [-0.3, -0.25) is 0 Å². The third-order valence-corrected chi connectivity index (χ3v) is 2.83. The first kappa shape index (κ1) is 13.1. The molecular weight excluding hydrogens is 245 g/mol. The number of anilines is 1. The number of esters is 1. The highest BCUT2D eigenvalue weighted by atomic mass is 19.1. The lowest BCUT2D eigenvalue weighted by Crippen LogP contribution is -2.10. The van der Waals surface area contributed by atoms with E-state index in [0.717, 1.165) is 5.56 Å². The van der Waals surface area contributed by atoms with E-state index >= 15 is 0 Å². The standard InChI is InChI=1S/C15H14FNO2/c1-10-5-4-8-13(17)14(10)15(18)19-9-11-6-2-3-7-12(11)16/h2-8H,9,17H2,1H3. The lowest BCUT2D eigenvalue weighted by molar-refractivity contribution is 0.0469. The molecule has 2 aromatic rings. The second kappa shape index (κ2) is 5.52. The van der Waals surface area contributed by atoms with Gasteiger partial charge in [0.05, 0.1) is 5.56 Å². The molecule has 0 unspecified atom stereocenters. The zero-order chi connectivity index (χ0) is 13.8. The molecular formula is C15H14FNO2. The predicted octanol–water partition coefficient (Wildman–Crippen LogP) is 3.07. The van der Waals surface area contributed by atoms with E-state index in [1.54, 1.807) is 43.3 Å². The Morgan fingerprint density at radius 3 is 2.63 bits per heavy atom. The molecule has 3 nitrogen and oxygen atoms in total. The Kier molecular flexibility index (Phi) is 3.80. The lowest BCUT2D eigenvalue weighted by Gasteiger charge is -2.09. The van der Waals surface area contributed by atoms with Crippen molar-refractivity contribution in [2.24, 2.45) is 0 Å². The van der Waals surface area contributed by atoms with Crippen LogP contribution in [0.5, 0.6) is 0 Å². The zero-order valence-corrected chi connectivity index (χ0v) is 10.5. The van der Waals surface area contributed by atoms with Crippen LogP contribution in [0.4, 0.5) is 10.1 Å². The number of benzene rings is 2. The molecule has 0 bridgehead atoms. The van der Waals surface area contributed by atoms with Crippen LogP contribution in [0.15, 0.2) is 42.5 Å². The van der Waals surface area contributed by atoms with Gasteiger partial charge in [-0.2, -0.15) is 0 Å². The van der Waals surface area contributed by atoms with Gasteiger partial charge in [-0.25, -0.2) is 9.18 Å². The maximum atomic E-state index is 13.4. The Bertz CT molecular complexity index is 591. The molecule has 4 heteroatoms. The van der Waals surface area contributed by atoms with Crippen molar-refractivity contribution in [1.29, 1.82) is 0 Å². The molecule has 0 fully saturated rings. The smallest absolute Gasteiger partial charge is 0.340 e. The molecule has 2 N–H and O–H groups in total. The molecule has 0 aliphatic carbocycles. The SMILES string of the molecule is Cc1cccc(N)c1C(=O)OCc1ccccc1F. The lowest BCUT2D eigenvalue weighted by atomic mass is 10.1. The number of nitrogens with two attached hydrogens (primary N) is 1. The fraction of sp³-hybridized carbons (Fsp3) is 0.133. The summed E-state index contributed by atoms with van der Waals surface area (Å²) in [5.41, 5.74) is 7.51. The van der Waals surface area contributed by atoms with Gasteiger partial charge in [-0.15, -0.1) is 0 Å². The van der Waals surface area contributed by atoms with Gasteiger partial charge in [-0.05, 0) is 24.6 Å². The summed E-state index contributed by atoms with van der Waals surface area (Å²) < 4.78 is 18.5. The first-order chi connectivity index (χ1) is 9.09. The molecule has 2 rings (SSSR count). The molecule has 19 heavy (non-hydrogen) atoms. The van der Waals surface area contributed by atoms with E-state index in [1.165, 1.54) is 6.07 Å². The Balaban J connectivity index is 2.13. The first-order valence-electron chi connectivity index (χ1n) is 5.85. The number of aryl methyl sites for hydroxylation is 1. The molecule has 0 saturated carbocycles. The Morgan fingerprint density at radius 2 is 1.95 bits per heavy atom. The summed E-state index contributed by atoms with van der Waals surface area (Å²) in [6, 6.07) is 11.3. The summed E-state index contributed by atoms with van der Waals surface area (Å²) in [6.45, 7) is 1.66. The monoisotopic (exact) mass is 259 g/mol. The Hall–Kier alpha value is -2.36. The molecule has 0 atom stereocenters. The summed E-state index contributed by atoms with van der Waals surface area (Å²) in [5, 5.41) is 0. The molecule has 98 valence electrons. The van der Waals surface area contributed by atoms with Crippen LogP contribution in [0.1, 0.15) is 21.5 Å². The van der Waals surface area contributed by atoms with Crippen molar-refractivity contribution in [2.45, 2.75) is 13.5 Å². The average Bonchev–Trinajstić information content (AvgIpc) is 2.37. The molecule has 0 aliphatic heterocycles. The van der Waals surface area contributed by atoms with Crippen LogP contribution >= 0.6 is 0 Å². The minimum Gasteiger partial charge on any atom is -0.457 e. The largest absolute Gasteiger partial charge is 0.457 e. The highest BCUT2D eigenvalue weighted by Crippen LogP contribution is 2.18. The van der Waals surface area contributed by atoms with E-state index in [4.69, 9.17) is 10.5 Å². The quantitative estimate of drug-likeness (QED) is 0.680. The van der Waals surface area contributed by atoms with E-state index in [0.29, 0.717) is 16.8 Å². The van der Waals surface area contributed by atoms with E-state index in [1.807, 2.05) is 0 Å². The van der Waals surface area contributed by atoms with Gasteiger partial charge in [0.2, 0.25) is 0 Å². The third kappa shape index (κ3) is 2.91. The molecule has 0 saturated heterocycles. The van der Waals surface area contributed by atoms with E-state index in [9.17, 15) is 9.18 Å².